The van der Waals surface area contributed by atoms with Gasteiger partial charge in [0.2, 0.25) is 5.78 Å². The Kier molecular flexibility index (Phi) is 3.03. The van der Waals surface area contributed by atoms with Crippen LogP contribution in [0.1, 0.15) is 30.4 Å². The highest BCUT2D eigenvalue weighted by atomic mass is 16.1. The smallest absolute Gasteiger partial charge is 0.200 e. The van der Waals surface area contributed by atoms with Crippen molar-refractivity contribution in [2.45, 2.75) is 19.8 Å². The van der Waals surface area contributed by atoms with E-state index in [0.717, 1.165) is 0 Å². The van der Waals surface area contributed by atoms with Crippen molar-refractivity contribution < 1.29 is 4.79 Å². The van der Waals surface area contributed by atoms with Crippen molar-refractivity contribution in [3.05, 3.63) is 12.2 Å². The summed E-state index contributed by atoms with van der Waals surface area (Å²) < 4.78 is 0. The van der Waals surface area contributed by atoms with E-state index in [9.17, 15) is 4.79 Å². The van der Waals surface area contributed by atoms with Crippen molar-refractivity contribution in [2.24, 2.45) is 0 Å². The molecule has 0 aliphatic carbocycles. The molecule has 62 valence electrons. The average Bonchev–Trinajstić information content (AvgIpc) is 2.56. The molecule has 0 fully saturated rings. The van der Waals surface area contributed by atoms with E-state index in [-0.39, 0.29) is 5.78 Å². The molecule has 4 heteroatoms. The zero-order valence-electron chi connectivity index (χ0n) is 6.79. The molecule has 0 saturated heterocycles. The van der Waals surface area contributed by atoms with Gasteiger partial charge < -0.3 is 0 Å². The molecular formula is C8H9N3O. The molecule has 0 aliphatic rings. The van der Waals surface area contributed by atoms with Crippen molar-refractivity contribution in [1.29, 1.82) is 0 Å². The molecule has 0 atom stereocenters. The summed E-state index contributed by atoms with van der Waals surface area (Å²) in [6.45, 7) is 1.75. The van der Waals surface area contributed by atoms with Crippen molar-refractivity contribution in [1.82, 2.24) is 15.2 Å². The van der Waals surface area contributed by atoms with Crippen molar-refractivity contribution >= 4 is 5.78 Å². The van der Waals surface area contributed by atoms with Gasteiger partial charge in [0.25, 0.3) is 0 Å². The number of carbonyl (C=O) groups is 1. The first kappa shape index (κ1) is 8.47. The molecule has 0 radical (unpaired) electrons. The van der Waals surface area contributed by atoms with Gasteiger partial charge in [0.05, 0.1) is 0 Å². The SMILES string of the molecule is CC#CCCC(=O)c1ncn[nH]1. The van der Waals surface area contributed by atoms with Crippen molar-refractivity contribution in [3.8, 4) is 11.8 Å². The highest BCUT2D eigenvalue weighted by molar-refractivity contribution is 5.92. The topological polar surface area (TPSA) is 58.6 Å². The molecule has 1 aromatic rings. The molecular weight excluding hydrogens is 154 g/mol. The van der Waals surface area contributed by atoms with E-state index in [2.05, 4.69) is 27.0 Å². The van der Waals surface area contributed by atoms with Gasteiger partial charge >= 0.3 is 0 Å². The lowest BCUT2D eigenvalue weighted by molar-refractivity contribution is 0.0975. The lowest BCUT2D eigenvalue weighted by Gasteiger charge is -1.89. The third kappa shape index (κ3) is 2.20. The van der Waals surface area contributed by atoms with Gasteiger partial charge in [-0.3, -0.25) is 9.89 Å². The van der Waals surface area contributed by atoms with E-state index < -0.39 is 0 Å². The third-order valence-corrected chi connectivity index (χ3v) is 1.33. The predicted molar refractivity (Wildman–Crippen MR) is 43.4 cm³/mol. The Morgan fingerprint density at radius 1 is 1.75 bits per heavy atom. The van der Waals surface area contributed by atoms with Gasteiger partial charge in [0, 0.05) is 12.8 Å². The number of nitrogens with one attached hydrogen (secondary N) is 1. The van der Waals surface area contributed by atoms with E-state index in [1.165, 1.54) is 6.33 Å². The lowest BCUT2D eigenvalue weighted by atomic mass is 10.2. The molecule has 0 spiro atoms. The summed E-state index contributed by atoms with van der Waals surface area (Å²) in [4.78, 5) is 14.9. The summed E-state index contributed by atoms with van der Waals surface area (Å²) in [6, 6.07) is 0. The van der Waals surface area contributed by atoms with Crippen LogP contribution in [-0.4, -0.2) is 21.0 Å². The minimum Gasteiger partial charge on any atom is -0.291 e. The van der Waals surface area contributed by atoms with Crippen LogP contribution in [0, 0.1) is 11.8 Å². The summed E-state index contributed by atoms with van der Waals surface area (Å²) in [7, 11) is 0. The highest BCUT2D eigenvalue weighted by Crippen LogP contribution is 1.96. The Morgan fingerprint density at radius 2 is 2.58 bits per heavy atom. The number of rotatable bonds is 3. The predicted octanol–water partition coefficient (Wildman–Crippen LogP) is 0.791. The fourth-order valence-electron chi connectivity index (χ4n) is 0.759. The Bertz CT molecular complexity index is 305. The summed E-state index contributed by atoms with van der Waals surface area (Å²) in [5.41, 5.74) is 0. The summed E-state index contributed by atoms with van der Waals surface area (Å²) in [6.07, 6.45) is 2.30. The van der Waals surface area contributed by atoms with Crippen LogP contribution in [0.15, 0.2) is 6.33 Å². The molecule has 1 aromatic heterocycles. The lowest BCUT2D eigenvalue weighted by Crippen LogP contribution is -2.00. The number of ketones is 1. The maximum atomic E-state index is 11.2. The van der Waals surface area contributed by atoms with Gasteiger partial charge in [-0.2, -0.15) is 5.10 Å². The Hall–Kier alpha value is -1.63. The second-order valence-corrected chi connectivity index (χ2v) is 2.18. The molecule has 0 aliphatic heterocycles. The van der Waals surface area contributed by atoms with Gasteiger partial charge in [-0.05, 0) is 6.92 Å². The number of H-pyrrole nitrogens is 1. The molecule has 1 rings (SSSR count). The molecule has 0 bridgehead atoms. The summed E-state index contributed by atoms with van der Waals surface area (Å²) in [5.74, 6) is 5.79. The minimum atomic E-state index is -0.0461. The second-order valence-electron chi connectivity index (χ2n) is 2.18. The first-order valence-electron chi connectivity index (χ1n) is 3.62. The minimum absolute atomic E-state index is 0.0461. The fraction of sp³-hybridized carbons (Fsp3) is 0.375. The monoisotopic (exact) mass is 163 g/mol. The zero-order valence-corrected chi connectivity index (χ0v) is 6.79. The van der Waals surface area contributed by atoms with Crippen LogP contribution in [-0.2, 0) is 0 Å². The molecule has 12 heavy (non-hydrogen) atoms. The number of hydrogen-bond acceptors (Lipinski definition) is 3. The van der Waals surface area contributed by atoms with Crippen LogP contribution in [0.2, 0.25) is 0 Å². The number of aromatic nitrogens is 3. The number of nitrogens with zero attached hydrogens (tertiary/aromatic N) is 2. The van der Waals surface area contributed by atoms with E-state index in [1.807, 2.05) is 0 Å². The average molecular weight is 163 g/mol. The Morgan fingerprint density at radius 3 is 3.17 bits per heavy atom. The van der Waals surface area contributed by atoms with E-state index >= 15 is 0 Å². The van der Waals surface area contributed by atoms with Gasteiger partial charge in [-0.1, -0.05) is 0 Å². The maximum absolute atomic E-state index is 11.2. The second kappa shape index (κ2) is 4.29. The number of carbonyl (C=O) groups excluding carboxylic acids is 1. The molecule has 4 nitrogen and oxygen atoms in total. The molecule has 0 saturated carbocycles. The normalized spacial score (nSPS) is 8.75. The van der Waals surface area contributed by atoms with Gasteiger partial charge in [-0.25, -0.2) is 4.98 Å². The Labute approximate surface area is 70.4 Å². The first-order valence-corrected chi connectivity index (χ1v) is 3.62. The van der Waals surface area contributed by atoms with Crippen LogP contribution in [0.5, 0.6) is 0 Å². The highest BCUT2D eigenvalue weighted by Gasteiger charge is 2.06. The van der Waals surface area contributed by atoms with Gasteiger partial charge in [0.1, 0.15) is 6.33 Å². The van der Waals surface area contributed by atoms with Crippen LogP contribution >= 0.6 is 0 Å². The van der Waals surface area contributed by atoms with E-state index in [0.29, 0.717) is 18.7 Å². The molecule has 0 aromatic carbocycles. The number of aromatic amines is 1. The zero-order chi connectivity index (χ0) is 8.81. The van der Waals surface area contributed by atoms with E-state index in [4.69, 9.17) is 0 Å². The molecule has 1 N–H and O–H groups in total. The van der Waals surface area contributed by atoms with Crippen LogP contribution < -0.4 is 0 Å². The molecule has 0 amide bonds. The quantitative estimate of drug-likeness (QED) is 0.529. The van der Waals surface area contributed by atoms with Gasteiger partial charge in [0.15, 0.2) is 5.82 Å². The first-order chi connectivity index (χ1) is 5.84. The largest absolute Gasteiger partial charge is 0.291 e. The molecule has 0 unspecified atom stereocenters. The third-order valence-electron chi connectivity index (χ3n) is 1.33. The number of hydrogen-bond donors (Lipinski definition) is 1. The summed E-state index contributed by atoms with van der Waals surface area (Å²) in [5, 5.41) is 6.08. The van der Waals surface area contributed by atoms with E-state index in [1.54, 1.807) is 6.92 Å². The Balaban J connectivity index is 2.43. The molecule has 1 heterocycles. The maximum Gasteiger partial charge on any atom is 0.200 e. The van der Waals surface area contributed by atoms with Crippen LogP contribution in [0.4, 0.5) is 0 Å². The van der Waals surface area contributed by atoms with Crippen molar-refractivity contribution in [3.63, 3.8) is 0 Å². The van der Waals surface area contributed by atoms with Gasteiger partial charge in [-0.15, -0.1) is 11.8 Å². The standard InChI is InChI=1S/C8H9N3O/c1-2-3-4-5-7(12)8-9-6-10-11-8/h6H,4-5H2,1H3,(H,9,10,11). The fourth-order valence-corrected chi connectivity index (χ4v) is 0.759. The number of Topliss-reactive ketones (excluding diaryl/α,β-unsaturated/α-hetero) is 1. The van der Waals surface area contributed by atoms with Crippen LogP contribution in [0.25, 0.3) is 0 Å². The van der Waals surface area contributed by atoms with Crippen molar-refractivity contribution in [2.75, 3.05) is 0 Å². The summed E-state index contributed by atoms with van der Waals surface area (Å²) >= 11 is 0. The van der Waals surface area contributed by atoms with Crippen LogP contribution in [0.3, 0.4) is 0 Å².